The smallest absolute Gasteiger partial charge is 0.0963 e. The third kappa shape index (κ3) is 3.93. The Kier molecular flexibility index (Phi) is 4.58. The van der Waals surface area contributed by atoms with Crippen molar-refractivity contribution in [3.05, 3.63) is 24.3 Å². The van der Waals surface area contributed by atoms with Crippen molar-refractivity contribution in [2.75, 3.05) is 0 Å². The molecule has 1 nitrogen and oxygen atoms in total. The first-order valence-corrected chi connectivity index (χ1v) is 4.47. The molecular formula is C10H17ClO. The number of halogens is 1. The molecule has 2 heteroatoms. The standard InChI is InChI=1S/C10H17ClO/c1-5-10(4,12)9(11)7-6-8(2)3/h5-6,9,12H,1,7H2,2-4H3. The van der Waals surface area contributed by atoms with Crippen LogP contribution in [0.25, 0.3) is 0 Å². The van der Waals surface area contributed by atoms with Gasteiger partial charge in [0.2, 0.25) is 0 Å². The molecule has 0 saturated carbocycles. The Bertz CT molecular complexity index is 178. The van der Waals surface area contributed by atoms with Gasteiger partial charge in [-0.25, -0.2) is 0 Å². The van der Waals surface area contributed by atoms with Gasteiger partial charge in [-0.3, -0.25) is 0 Å². The van der Waals surface area contributed by atoms with Crippen molar-refractivity contribution < 1.29 is 5.11 Å². The van der Waals surface area contributed by atoms with Crippen LogP contribution >= 0.6 is 11.6 Å². The minimum atomic E-state index is -0.979. The molecule has 1 N–H and O–H groups in total. The average Bonchev–Trinajstić information content (AvgIpc) is 2.00. The van der Waals surface area contributed by atoms with Crippen molar-refractivity contribution in [3.63, 3.8) is 0 Å². The van der Waals surface area contributed by atoms with Crippen LogP contribution in [0.5, 0.6) is 0 Å². The first-order valence-electron chi connectivity index (χ1n) is 4.03. The summed E-state index contributed by atoms with van der Waals surface area (Å²) in [6.07, 6.45) is 4.15. The fourth-order valence-corrected chi connectivity index (χ4v) is 0.884. The third-order valence-corrected chi connectivity index (χ3v) is 2.40. The van der Waals surface area contributed by atoms with E-state index in [-0.39, 0.29) is 5.38 Å². The van der Waals surface area contributed by atoms with Crippen LogP contribution in [-0.4, -0.2) is 16.1 Å². The highest BCUT2D eigenvalue weighted by molar-refractivity contribution is 6.21. The molecular weight excluding hydrogens is 172 g/mol. The first kappa shape index (κ1) is 11.7. The highest BCUT2D eigenvalue weighted by Crippen LogP contribution is 2.21. The van der Waals surface area contributed by atoms with Crippen LogP contribution in [0, 0.1) is 0 Å². The van der Waals surface area contributed by atoms with E-state index in [9.17, 15) is 5.11 Å². The van der Waals surface area contributed by atoms with Gasteiger partial charge in [0.1, 0.15) is 0 Å². The first-order chi connectivity index (χ1) is 5.40. The normalized spacial score (nSPS) is 17.8. The lowest BCUT2D eigenvalue weighted by Gasteiger charge is -2.23. The van der Waals surface area contributed by atoms with Crippen molar-refractivity contribution in [2.24, 2.45) is 0 Å². The zero-order valence-corrected chi connectivity index (χ0v) is 8.73. The van der Waals surface area contributed by atoms with Crippen molar-refractivity contribution in [2.45, 2.75) is 38.2 Å². The van der Waals surface area contributed by atoms with Gasteiger partial charge in [0.25, 0.3) is 0 Å². The number of hydrogen-bond acceptors (Lipinski definition) is 1. The Morgan fingerprint density at radius 3 is 2.50 bits per heavy atom. The summed E-state index contributed by atoms with van der Waals surface area (Å²) in [6.45, 7) is 9.20. The molecule has 0 spiro atoms. The predicted octanol–water partition coefficient (Wildman–Crippen LogP) is 2.89. The lowest BCUT2D eigenvalue weighted by Crippen LogP contribution is -2.32. The highest BCUT2D eigenvalue weighted by Gasteiger charge is 2.25. The number of hydrogen-bond donors (Lipinski definition) is 1. The van der Waals surface area contributed by atoms with Gasteiger partial charge in [0.05, 0.1) is 11.0 Å². The minimum Gasteiger partial charge on any atom is -0.385 e. The van der Waals surface area contributed by atoms with Gasteiger partial charge in [0.15, 0.2) is 0 Å². The van der Waals surface area contributed by atoms with Crippen molar-refractivity contribution >= 4 is 11.6 Å². The summed E-state index contributed by atoms with van der Waals surface area (Å²) in [5.74, 6) is 0. The van der Waals surface area contributed by atoms with Crippen LogP contribution in [0.3, 0.4) is 0 Å². The molecule has 12 heavy (non-hydrogen) atoms. The lowest BCUT2D eigenvalue weighted by atomic mass is 9.99. The van der Waals surface area contributed by atoms with E-state index in [0.29, 0.717) is 6.42 Å². The minimum absolute atomic E-state index is 0.301. The molecule has 0 aliphatic heterocycles. The van der Waals surface area contributed by atoms with E-state index in [0.717, 1.165) is 0 Å². The molecule has 0 aromatic heterocycles. The molecule has 0 aliphatic rings. The summed E-state index contributed by atoms with van der Waals surface area (Å²) in [5, 5.41) is 9.32. The van der Waals surface area contributed by atoms with Gasteiger partial charge in [-0.15, -0.1) is 18.2 Å². The molecule has 0 aromatic rings. The Morgan fingerprint density at radius 2 is 2.17 bits per heavy atom. The molecule has 0 radical (unpaired) electrons. The molecule has 70 valence electrons. The van der Waals surface area contributed by atoms with Crippen molar-refractivity contribution in [1.29, 1.82) is 0 Å². The quantitative estimate of drug-likeness (QED) is 0.532. The second-order valence-electron chi connectivity index (χ2n) is 3.41. The zero-order valence-electron chi connectivity index (χ0n) is 7.97. The topological polar surface area (TPSA) is 20.2 Å². The third-order valence-electron chi connectivity index (χ3n) is 1.78. The second-order valence-corrected chi connectivity index (χ2v) is 3.94. The predicted molar refractivity (Wildman–Crippen MR) is 54.5 cm³/mol. The molecule has 0 aromatic carbocycles. The lowest BCUT2D eigenvalue weighted by molar-refractivity contribution is 0.107. The maximum atomic E-state index is 9.63. The second kappa shape index (κ2) is 4.68. The van der Waals surface area contributed by atoms with Crippen LogP contribution in [0.2, 0.25) is 0 Å². The molecule has 2 atom stereocenters. The van der Waals surface area contributed by atoms with E-state index in [1.807, 2.05) is 19.9 Å². The molecule has 0 aliphatic carbocycles. The van der Waals surface area contributed by atoms with E-state index in [1.54, 1.807) is 6.92 Å². The van der Waals surface area contributed by atoms with E-state index in [2.05, 4.69) is 6.58 Å². The monoisotopic (exact) mass is 188 g/mol. The Labute approximate surface area is 79.7 Å². The van der Waals surface area contributed by atoms with Crippen LogP contribution in [0.1, 0.15) is 27.2 Å². The number of allylic oxidation sites excluding steroid dienone is 2. The summed E-state index contributed by atoms with van der Waals surface area (Å²) >= 11 is 5.95. The molecule has 0 fully saturated rings. The van der Waals surface area contributed by atoms with Crippen LogP contribution in [0.15, 0.2) is 24.3 Å². The molecule has 0 bridgehead atoms. The molecule has 2 unspecified atom stereocenters. The summed E-state index contributed by atoms with van der Waals surface area (Å²) in [7, 11) is 0. The van der Waals surface area contributed by atoms with Crippen LogP contribution in [-0.2, 0) is 0 Å². The zero-order chi connectivity index (χ0) is 9.78. The van der Waals surface area contributed by atoms with Gasteiger partial charge < -0.3 is 5.11 Å². The number of rotatable bonds is 4. The summed E-state index contributed by atoms with van der Waals surface area (Å²) in [5.41, 5.74) is 0.230. The molecule has 0 rings (SSSR count). The van der Waals surface area contributed by atoms with Crippen LogP contribution in [0.4, 0.5) is 0 Å². The Balaban J connectivity index is 4.12. The number of aliphatic hydroxyl groups is 1. The van der Waals surface area contributed by atoms with Crippen molar-refractivity contribution in [3.8, 4) is 0 Å². The van der Waals surface area contributed by atoms with E-state index >= 15 is 0 Å². The largest absolute Gasteiger partial charge is 0.385 e. The fourth-order valence-electron chi connectivity index (χ4n) is 0.706. The molecule has 0 heterocycles. The van der Waals surface area contributed by atoms with Gasteiger partial charge in [-0.1, -0.05) is 17.7 Å². The van der Waals surface area contributed by atoms with E-state index < -0.39 is 5.60 Å². The molecule has 0 saturated heterocycles. The van der Waals surface area contributed by atoms with E-state index in [4.69, 9.17) is 11.6 Å². The van der Waals surface area contributed by atoms with Crippen molar-refractivity contribution in [1.82, 2.24) is 0 Å². The summed E-state index contributed by atoms with van der Waals surface area (Å²) in [6, 6.07) is 0. The van der Waals surface area contributed by atoms with Gasteiger partial charge >= 0.3 is 0 Å². The summed E-state index contributed by atoms with van der Waals surface area (Å²) < 4.78 is 0. The van der Waals surface area contributed by atoms with Gasteiger partial charge in [-0.05, 0) is 27.2 Å². The maximum Gasteiger partial charge on any atom is 0.0963 e. The fraction of sp³-hybridized carbons (Fsp3) is 0.600. The maximum absolute atomic E-state index is 9.63. The van der Waals surface area contributed by atoms with Gasteiger partial charge in [-0.2, -0.15) is 0 Å². The Hall–Kier alpha value is -0.270. The highest BCUT2D eigenvalue weighted by atomic mass is 35.5. The molecule has 0 amide bonds. The van der Waals surface area contributed by atoms with E-state index in [1.165, 1.54) is 11.6 Å². The van der Waals surface area contributed by atoms with Crippen LogP contribution < -0.4 is 0 Å². The number of alkyl halides is 1. The Morgan fingerprint density at radius 1 is 1.67 bits per heavy atom. The summed E-state index contributed by atoms with van der Waals surface area (Å²) in [4.78, 5) is 0. The SMILES string of the molecule is C=CC(C)(O)C(Cl)CC=C(C)C. The average molecular weight is 189 g/mol. The van der Waals surface area contributed by atoms with Gasteiger partial charge in [0, 0.05) is 0 Å².